The molecule has 1 N–H and O–H groups in total. The first-order valence-electron chi connectivity index (χ1n) is 4.22. The van der Waals surface area contributed by atoms with Crippen molar-refractivity contribution in [1.82, 2.24) is 25.2 Å². The van der Waals surface area contributed by atoms with Gasteiger partial charge in [-0.15, -0.1) is 15.3 Å². The van der Waals surface area contributed by atoms with Gasteiger partial charge >= 0.3 is 0 Å². The molecule has 2 heterocycles. The summed E-state index contributed by atoms with van der Waals surface area (Å²) in [5.41, 5.74) is 0. The summed E-state index contributed by atoms with van der Waals surface area (Å²) in [5, 5.41) is 20.4. The predicted octanol–water partition coefficient (Wildman–Crippen LogP) is 0.550. The van der Waals surface area contributed by atoms with E-state index in [1.54, 1.807) is 22.2 Å². The topological polar surface area (TPSA) is 68.5 Å². The highest BCUT2D eigenvalue weighted by Gasteiger charge is 1.98. The number of aromatic nitrogens is 5. The number of nitrogens with one attached hydrogen (secondary N) is 1. The Morgan fingerprint density at radius 1 is 1.50 bits per heavy atom. The Hall–Kier alpha value is -1.50. The van der Waals surface area contributed by atoms with Crippen molar-refractivity contribution in [3.63, 3.8) is 0 Å². The summed E-state index contributed by atoms with van der Waals surface area (Å²) in [6.45, 7) is 3.48. The van der Waals surface area contributed by atoms with Crippen LogP contribution in [0.25, 0.3) is 0 Å². The molecule has 0 aliphatic rings. The van der Waals surface area contributed by atoms with E-state index in [-0.39, 0.29) is 0 Å². The van der Waals surface area contributed by atoms with Gasteiger partial charge in [-0.2, -0.15) is 0 Å². The minimum atomic E-state index is 0.776. The molecule has 7 heteroatoms. The highest BCUT2D eigenvalue weighted by Crippen LogP contribution is 2.12. The maximum Gasteiger partial charge on any atom is 0.205 e. The maximum atomic E-state index is 3.95. The Morgan fingerprint density at radius 3 is 3.07 bits per heavy atom. The summed E-state index contributed by atoms with van der Waals surface area (Å²) in [7, 11) is 0. The normalized spacial score (nSPS) is 10.4. The minimum Gasteiger partial charge on any atom is -0.358 e. The molecular formula is C7H10N6S. The first-order valence-corrected chi connectivity index (χ1v) is 5.04. The van der Waals surface area contributed by atoms with Crippen LogP contribution in [-0.4, -0.2) is 31.7 Å². The lowest BCUT2D eigenvalue weighted by Crippen LogP contribution is -2.10. The van der Waals surface area contributed by atoms with Gasteiger partial charge in [0.15, 0.2) is 0 Å². The first-order chi connectivity index (χ1) is 6.84. The van der Waals surface area contributed by atoms with Gasteiger partial charge in [-0.25, -0.2) is 0 Å². The molecule has 0 fully saturated rings. The lowest BCUT2D eigenvalue weighted by molar-refractivity contribution is 0.608. The molecule has 0 amide bonds. The highest BCUT2D eigenvalue weighted by atomic mass is 32.1. The number of hydrogen-bond acceptors (Lipinski definition) is 6. The number of aryl methyl sites for hydroxylation is 1. The van der Waals surface area contributed by atoms with E-state index in [0.29, 0.717) is 0 Å². The van der Waals surface area contributed by atoms with Gasteiger partial charge < -0.3 is 5.32 Å². The fraction of sp³-hybridized carbons (Fsp3) is 0.429. The second-order valence-corrected chi connectivity index (χ2v) is 3.90. The van der Waals surface area contributed by atoms with E-state index in [1.807, 2.05) is 13.1 Å². The Bertz CT molecular complexity index is 381. The van der Waals surface area contributed by atoms with Crippen LogP contribution in [0, 0.1) is 6.92 Å². The van der Waals surface area contributed by atoms with Crippen LogP contribution in [0.4, 0.5) is 5.13 Å². The monoisotopic (exact) mass is 210 g/mol. The average Bonchev–Trinajstić information content (AvgIpc) is 2.77. The van der Waals surface area contributed by atoms with Gasteiger partial charge in [0.05, 0.1) is 12.7 Å². The molecule has 2 aromatic rings. The molecule has 0 aliphatic heterocycles. The fourth-order valence-corrected chi connectivity index (χ4v) is 1.61. The standard InChI is InChI=1S/C7H10N6S/c1-6-10-11-7(14-6)8-2-4-13-5-3-9-12-13/h3,5H,2,4H2,1H3,(H,8,11). The van der Waals surface area contributed by atoms with Crippen LogP contribution in [0.3, 0.4) is 0 Å². The zero-order valence-electron chi connectivity index (χ0n) is 7.71. The van der Waals surface area contributed by atoms with Crippen LogP contribution in [0.1, 0.15) is 5.01 Å². The third-order valence-corrected chi connectivity index (χ3v) is 2.41. The van der Waals surface area contributed by atoms with Gasteiger partial charge in [0.1, 0.15) is 5.01 Å². The molecule has 0 aliphatic carbocycles. The Balaban J connectivity index is 1.78. The van der Waals surface area contributed by atoms with Crippen LogP contribution >= 0.6 is 11.3 Å². The number of anilines is 1. The second kappa shape index (κ2) is 4.14. The zero-order valence-corrected chi connectivity index (χ0v) is 8.53. The maximum absolute atomic E-state index is 3.95. The summed E-state index contributed by atoms with van der Waals surface area (Å²) in [6, 6.07) is 0. The first kappa shape index (κ1) is 9.07. The Morgan fingerprint density at radius 2 is 2.43 bits per heavy atom. The number of nitrogens with zero attached hydrogens (tertiary/aromatic N) is 5. The van der Waals surface area contributed by atoms with Crippen molar-refractivity contribution in [3.8, 4) is 0 Å². The highest BCUT2D eigenvalue weighted by molar-refractivity contribution is 7.15. The Kier molecular flexibility index (Phi) is 2.68. The SMILES string of the molecule is Cc1nnc(NCCn2ccnn2)s1. The molecule has 2 rings (SSSR count). The third-order valence-electron chi connectivity index (χ3n) is 1.62. The number of rotatable bonds is 4. The molecule has 0 radical (unpaired) electrons. The molecule has 0 aromatic carbocycles. The van der Waals surface area contributed by atoms with E-state index in [0.717, 1.165) is 23.2 Å². The molecule has 2 aromatic heterocycles. The minimum absolute atomic E-state index is 0.776. The molecule has 0 saturated heterocycles. The van der Waals surface area contributed by atoms with Crippen molar-refractivity contribution >= 4 is 16.5 Å². The van der Waals surface area contributed by atoms with Crippen LogP contribution < -0.4 is 5.32 Å². The predicted molar refractivity (Wildman–Crippen MR) is 53.2 cm³/mol. The molecule has 0 spiro atoms. The molecular weight excluding hydrogens is 200 g/mol. The van der Waals surface area contributed by atoms with Gasteiger partial charge in [-0.3, -0.25) is 4.68 Å². The van der Waals surface area contributed by atoms with Gasteiger partial charge in [0.25, 0.3) is 0 Å². The zero-order chi connectivity index (χ0) is 9.80. The molecule has 74 valence electrons. The second-order valence-electron chi connectivity index (χ2n) is 2.72. The van der Waals surface area contributed by atoms with Crippen molar-refractivity contribution in [3.05, 3.63) is 17.4 Å². The summed E-state index contributed by atoms with van der Waals surface area (Å²) in [5.74, 6) is 0. The molecule has 0 unspecified atom stereocenters. The van der Waals surface area contributed by atoms with Crippen LogP contribution in [0.15, 0.2) is 12.4 Å². The summed E-state index contributed by atoms with van der Waals surface area (Å²) in [6.07, 6.45) is 3.49. The van der Waals surface area contributed by atoms with Crippen molar-refractivity contribution in [2.75, 3.05) is 11.9 Å². The van der Waals surface area contributed by atoms with Crippen molar-refractivity contribution in [2.24, 2.45) is 0 Å². The lowest BCUT2D eigenvalue weighted by atomic mass is 10.6. The molecule has 0 bridgehead atoms. The van der Waals surface area contributed by atoms with E-state index >= 15 is 0 Å². The lowest BCUT2D eigenvalue weighted by Gasteiger charge is -2.00. The molecule has 0 saturated carbocycles. The van der Waals surface area contributed by atoms with Gasteiger partial charge in [0.2, 0.25) is 5.13 Å². The van der Waals surface area contributed by atoms with Crippen LogP contribution in [0.5, 0.6) is 0 Å². The van der Waals surface area contributed by atoms with Gasteiger partial charge in [-0.1, -0.05) is 16.6 Å². The molecule has 14 heavy (non-hydrogen) atoms. The van der Waals surface area contributed by atoms with Crippen molar-refractivity contribution in [1.29, 1.82) is 0 Å². The van der Waals surface area contributed by atoms with E-state index < -0.39 is 0 Å². The molecule has 0 atom stereocenters. The quantitative estimate of drug-likeness (QED) is 0.798. The van der Waals surface area contributed by atoms with E-state index in [4.69, 9.17) is 0 Å². The van der Waals surface area contributed by atoms with Crippen LogP contribution in [-0.2, 0) is 6.54 Å². The number of hydrogen-bond donors (Lipinski definition) is 1. The van der Waals surface area contributed by atoms with Crippen molar-refractivity contribution < 1.29 is 0 Å². The van der Waals surface area contributed by atoms with Crippen LogP contribution in [0.2, 0.25) is 0 Å². The van der Waals surface area contributed by atoms with E-state index in [1.165, 1.54) is 0 Å². The van der Waals surface area contributed by atoms with E-state index in [9.17, 15) is 0 Å². The smallest absolute Gasteiger partial charge is 0.205 e. The summed E-state index contributed by atoms with van der Waals surface area (Å²) >= 11 is 1.55. The summed E-state index contributed by atoms with van der Waals surface area (Å²) < 4.78 is 1.76. The third kappa shape index (κ3) is 2.25. The summed E-state index contributed by atoms with van der Waals surface area (Å²) in [4.78, 5) is 0. The average molecular weight is 210 g/mol. The largest absolute Gasteiger partial charge is 0.358 e. The fourth-order valence-electron chi connectivity index (χ4n) is 0.997. The van der Waals surface area contributed by atoms with Gasteiger partial charge in [0, 0.05) is 12.7 Å². The van der Waals surface area contributed by atoms with E-state index in [2.05, 4.69) is 25.8 Å². The Labute approximate surface area is 85.0 Å². The van der Waals surface area contributed by atoms with Crippen molar-refractivity contribution in [2.45, 2.75) is 13.5 Å². The molecule has 6 nitrogen and oxygen atoms in total. The van der Waals surface area contributed by atoms with Gasteiger partial charge in [-0.05, 0) is 6.92 Å².